The lowest BCUT2D eigenvalue weighted by Gasteiger charge is -2.43. The number of fused-ring (bicyclic) bond motifs is 1. The maximum absolute atomic E-state index is 14.5. The summed E-state index contributed by atoms with van der Waals surface area (Å²) in [4.78, 5) is 15.0. The second-order valence-corrected chi connectivity index (χ2v) is 12.9. The highest BCUT2D eigenvalue weighted by Gasteiger charge is 2.51. The fraction of sp³-hybridized carbons (Fsp3) is 0.536. The predicted octanol–water partition coefficient (Wildman–Crippen LogP) is 8.76. The second kappa shape index (κ2) is 11.8. The normalized spacial score (nSPS) is 23.1. The van der Waals surface area contributed by atoms with Gasteiger partial charge in [-0.15, -0.1) is 11.8 Å². The van der Waals surface area contributed by atoms with Crippen LogP contribution >= 0.6 is 46.6 Å². The summed E-state index contributed by atoms with van der Waals surface area (Å²) in [5.41, 5.74) is 0.491. The van der Waals surface area contributed by atoms with Crippen LogP contribution in [0.5, 0.6) is 0 Å². The number of benzene rings is 2. The van der Waals surface area contributed by atoms with E-state index < -0.39 is 11.5 Å². The zero-order valence-electron chi connectivity index (χ0n) is 20.7. The number of carbonyl (C=O) groups is 1. The van der Waals surface area contributed by atoms with Crippen LogP contribution in [0.2, 0.25) is 15.1 Å². The van der Waals surface area contributed by atoms with Gasteiger partial charge in [0.05, 0.1) is 27.3 Å². The molecule has 0 bridgehead atoms. The second-order valence-electron chi connectivity index (χ2n) is 10.6. The van der Waals surface area contributed by atoms with E-state index in [4.69, 9.17) is 34.8 Å². The Kier molecular flexibility index (Phi) is 8.69. The van der Waals surface area contributed by atoms with Crippen molar-refractivity contribution >= 4 is 63.8 Å². The molecule has 0 radical (unpaired) electrons. The van der Waals surface area contributed by atoms with Gasteiger partial charge in [0, 0.05) is 27.8 Å². The topological polar surface area (TPSA) is 53.2 Å². The van der Waals surface area contributed by atoms with E-state index in [2.05, 4.69) is 16.0 Å². The maximum Gasteiger partial charge on any atom is 0.227 e. The number of anilines is 2. The first-order chi connectivity index (χ1) is 17.8. The molecular formula is C28H33Cl3FN3OS. The Bertz CT molecular complexity index is 1110. The molecule has 2 unspecified atom stereocenters. The molecular weight excluding hydrogens is 552 g/mol. The summed E-state index contributed by atoms with van der Waals surface area (Å²) in [5, 5.41) is 11.8. The smallest absolute Gasteiger partial charge is 0.227 e. The fourth-order valence-corrected chi connectivity index (χ4v) is 8.02. The molecule has 5 rings (SSSR count). The molecule has 2 fully saturated rings. The molecule has 200 valence electrons. The zero-order chi connectivity index (χ0) is 26.0. The summed E-state index contributed by atoms with van der Waals surface area (Å²) in [6.45, 7) is 0. The van der Waals surface area contributed by atoms with Crippen LogP contribution in [0.4, 0.5) is 15.8 Å². The highest BCUT2D eigenvalue weighted by molar-refractivity contribution is 7.99. The van der Waals surface area contributed by atoms with Gasteiger partial charge in [0.25, 0.3) is 0 Å². The zero-order valence-corrected chi connectivity index (χ0v) is 23.8. The van der Waals surface area contributed by atoms with Crippen LogP contribution in [0.1, 0.15) is 64.2 Å². The van der Waals surface area contributed by atoms with Gasteiger partial charge in [-0.05, 0) is 55.9 Å². The number of hydrogen-bond acceptors (Lipinski definition) is 4. The van der Waals surface area contributed by atoms with Gasteiger partial charge in [-0.3, -0.25) is 4.79 Å². The first-order valence-electron chi connectivity index (χ1n) is 13.3. The third kappa shape index (κ3) is 6.13. The minimum Gasteiger partial charge on any atom is -0.360 e. The molecule has 0 spiro atoms. The molecule has 0 aromatic heterocycles. The Hall–Kier alpha value is -1.34. The van der Waals surface area contributed by atoms with E-state index in [9.17, 15) is 9.18 Å². The van der Waals surface area contributed by atoms with E-state index in [1.807, 2.05) is 12.1 Å². The molecule has 37 heavy (non-hydrogen) atoms. The van der Waals surface area contributed by atoms with Gasteiger partial charge in [0.1, 0.15) is 11.5 Å². The lowest BCUT2D eigenvalue weighted by molar-refractivity contribution is -0.129. The monoisotopic (exact) mass is 583 g/mol. The predicted molar refractivity (Wildman–Crippen MR) is 154 cm³/mol. The van der Waals surface area contributed by atoms with Gasteiger partial charge in [-0.2, -0.15) is 0 Å². The maximum atomic E-state index is 14.5. The van der Waals surface area contributed by atoms with Crippen molar-refractivity contribution < 1.29 is 9.18 Å². The van der Waals surface area contributed by atoms with Crippen LogP contribution in [-0.2, 0) is 4.79 Å². The number of carbonyl (C=O) groups excluding carboxylic acids is 1. The fourth-order valence-electron chi connectivity index (χ4n) is 6.21. The highest BCUT2D eigenvalue weighted by Crippen LogP contribution is 2.47. The summed E-state index contributed by atoms with van der Waals surface area (Å²) >= 11 is 20.4. The molecule has 2 aromatic carbocycles. The van der Waals surface area contributed by atoms with Gasteiger partial charge in [0.15, 0.2) is 0 Å². The molecule has 4 nitrogen and oxygen atoms in total. The van der Waals surface area contributed by atoms with Crippen molar-refractivity contribution in [2.45, 2.75) is 80.8 Å². The molecule has 0 saturated heterocycles. The number of nitrogens with one attached hydrogen (secondary N) is 3. The molecule has 3 aliphatic rings. The van der Waals surface area contributed by atoms with Gasteiger partial charge in [-0.25, -0.2) is 4.39 Å². The summed E-state index contributed by atoms with van der Waals surface area (Å²) in [6, 6.07) is 8.68. The van der Waals surface area contributed by atoms with Crippen molar-refractivity contribution in [3.8, 4) is 0 Å². The van der Waals surface area contributed by atoms with Crippen molar-refractivity contribution in [3.05, 3.63) is 51.2 Å². The van der Waals surface area contributed by atoms with E-state index in [1.165, 1.54) is 18.9 Å². The summed E-state index contributed by atoms with van der Waals surface area (Å²) < 4.78 is 14.5. The molecule has 1 heterocycles. The average molecular weight is 585 g/mol. The van der Waals surface area contributed by atoms with Gasteiger partial charge in [-0.1, -0.05) is 73.3 Å². The lowest BCUT2D eigenvalue weighted by atomic mass is 9.73. The number of halogens is 4. The third-order valence-corrected chi connectivity index (χ3v) is 10.2. The van der Waals surface area contributed by atoms with Crippen molar-refractivity contribution in [2.24, 2.45) is 11.8 Å². The molecule has 1 amide bonds. The molecule has 2 atom stereocenters. The summed E-state index contributed by atoms with van der Waals surface area (Å²) in [5.74, 6) is -0.0711. The minimum absolute atomic E-state index is 0.0538. The SMILES string of the molecule is O=C(NC1CCCCC1)C(C1CCCCC1)C1(CSc2ccc(Cl)cc2Cl)Nc2cc(F)c(Cl)cc2N1. The van der Waals surface area contributed by atoms with Crippen LogP contribution in [0.3, 0.4) is 0 Å². The van der Waals surface area contributed by atoms with Crippen molar-refractivity contribution in [1.29, 1.82) is 0 Å². The van der Waals surface area contributed by atoms with E-state index in [1.54, 1.807) is 23.9 Å². The standard InChI is InChI=1S/C28H33Cl3FN3OS/c29-18-11-12-25(21(31)13-18)37-16-28(34-23-14-20(30)22(32)15-24(23)35-28)26(17-7-3-1-4-8-17)27(36)33-19-9-5-2-6-10-19/h11-15,17,19,26,34-35H,1-10,16H2,(H,33,36). The summed E-state index contributed by atoms with van der Waals surface area (Å²) in [7, 11) is 0. The first-order valence-corrected chi connectivity index (χ1v) is 15.4. The Labute approximate surface area is 237 Å². The number of hydrogen-bond donors (Lipinski definition) is 3. The quantitative estimate of drug-likeness (QED) is 0.285. The Morgan fingerprint density at radius 2 is 1.59 bits per heavy atom. The molecule has 2 saturated carbocycles. The molecule has 2 aliphatic carbocycles. The summed E-state index contributed by atoms with van der Waals surface area (Å²) in [6.07, 6.45) is 11.0. The van der Waals surface area contributed by atoms with Crippen molar-refractivity contribution in [1.82, 2.24) is 5.32 Å². The lowest BCUT2D eigenvalue weighted by Crippen LogP contribution is -2.60. The first kappa shape index (κ1) is 27.2. The molecule has 9 heteroatoms. The van der Waals surface area contributed by atoms with Crippen molar-refractivity contribution in [3.63, 3.8) is 0 Å². The van der Waals surface area contributed by atoms with Crippen LogP contribution in [0.25, 0.3) is 0 Å². The van der Waals surface area contributed by atoms with Gasteiger partial charge >= 0.3 is 0 Å². The van der Waals surface area contributed by atoms with Crippen LogP contribution in [0, 0.1) is 17.7 Å². The average Bonchev–Trinajstić information content (AvgIpc) is 3.22. The number of thioether (sulfide) groups is 1. The Balaban J connectivity index is 1.50. The molecule has 3 N–H and O–H groups in total. The minimum atomic E-state index is -0.839. The molecule has 1 aliphatic heterocycles. The van der Waals surface area contributed by atoms with Gasteiger partial charge < -0.3 is 16.0 Å². The van der Waals surface area contributed by atoms with E-state index in [0.29, 0.717) is 27.2 Å². The Morgan fingerprint density at radius 3 is 2.27 bits per heavy atom. The van der Waals surface area contributed by atoms with Crippen LogP contribution in [0.15, 0.2) is 35.2 Å². The van der Waals surface area contributed by atoms with E-state index in [0.717, 1.165) is 56.3 Å². The highest BCUT2D eigenvalue weighted by atomic mass is 35.5. The van der Waals surface area contributed by atoms with E-state index in [-0.39, 0.29) is 28.8 Å². The third-order valence-electron chi connectivity index (χ3n) is 8.01. The van der Waals surface area contributed by atoms with E-state index >= 15 is 0 Å². The molecule has 2 aromatic rings. The number of amides is 1. The van der Waals surface area contributed by atoms with Crippen LogP contribution < -0.4 is 16.0 Å². The van der Waals surface area contributed by atoms with Crippen molar-refractivity contribution in [2.75, 3.05) is 16.4 Å². The Morgan fingerprint density at radius 1 is 0.946 bits per heavy atom. The van der Waals surface area contributed by atoms with Gasteiger partial charge in [0.2, 0.25) is 5.91 Å². The largest absolute Gasteiger partial charge is 0.360 e. The number of rotatable bonds is 7. The van der Waals surface area contributed by atoms with Crippen LogP contribution in [-0.4, -0.2) is 23.4 Å².